The van der Waals surface area contributed by atoms with E-state index in [2.05, 4.69) is 0 Å². The highest BCUT2D eigenvalue weighted by Crippen LogP contribution is 2.53. The molecule has 1 amide bonds. The Morgan fingerprint density at radius 1 is 1.23 bits per heavy atom. The standard InChI is InChI=1S/C21H21FN2O7/c1-24(2)11-6-10(22)16(26)14-9(11)4-7-3-8-5-12(25)15(20(23)30)19(29)21(8,31)18(28)13(7)17(14)27/h6-8,26-27,29,31H,3-5H2,1-2H3,(H2,23,30). The van der Waals surface area contributed by atoms with Gasteiger partial charge in [0.25, 0.3) is 5.91 Å². The molecule has 6 N–H and O–H groups in total. The molecule has 0 heterocycles. The fraction of sp³-hybridized carbons (Fsp3) is 0.381. The van der Waals surface area contributed by atoms with Gasteiger partial charge in [-0.15, -0.1) is 0 Å². The molecule has 164 valence electrons. The van der Waals surface area contributed by atoms with Crippen LogP contribution >= 0.6 is 0 Å². The number of anilines is 1. The van der Waals surface area contributed by atoms with Gasteiger partial charge in [-0.05, 0) is 24.3 Å². The van der Waals surface area contributed by atoms with E-state index in [4.69, 9.17) is 5.73 Å². The van der Waals surface area contributed by atoms with Crippen molar-refractivity contribution in [3.63, 3.8) is 0 Å². The molecule has 3 unspecified atom stereocenters. The Morgan fingerprint density at radius 3 is 2.45 bits per heavy atom. The van der Waals surface area contributed by atoms with E-state index in [9.17, 15) is 39.2 Å². The monoisotopic (exact) mass is 432 g/mol. The van der Waals surface area contributed by atoms with E-state index in [1.165, 1.54) is 0 Å². The third-order valence-corrected chi connectivity index (χ3v) is 6.48. The van der Waals surface area contributed by atoms with Crippen molar-refractivity contribution in [3.05, 3.63) is 39.9 Å². The lowest BCUT2D eigenvalue weighted by molar-refractivity contribution is -0.147. The molecule has 0 aromatic heterocycles. The summed E-state index contributed by atoms with van der Waals surface area (Å²) in [4.78, 5) is 38.8. The first-order chi connectivity index (χ1) is 14.4. The zero-order chi connectivity index (χ0) is 23.0. The van der Waals surface area contributed by atoms with E-state index in [-0.39, 0.29) is 24.0 Å². The van der Waals surface area contributed by atoms with Crippen molar-refractivity contribution in [2.45, 2.75) is 24.9 Å². The van der Waals surface area contributed by atoms with Crippen molar-refractivity contribution in [3.8, 4) is 5.75 Å². The van der Waals surface area contributed by atoms with Crippen LogP contribution in [0.15, 0.2) is 23.0 Å². The molecule has 0 spiro atoms. The third-order valence-electron chi connectivity index (χ3n) is 6.48. The molecule has 9 nitrogen and oxygen atoms in total. The lowest BCUT2D eigenvalue weighted by Gasteiger charge is -2.46. The van der Waals surface area contributed by atoms with Gasteiger partial charge in [0.05, 0.1) is 5.56 Å². The lowest BCUT2D eigenvalue weighted by atomic mass is 9.59. The molecule has 0 bridgehead atoms. The molecule has 3 aliphatic rings. The number of rotatable bonds is 2. The average molecular weight is 432 g/mol. The van der Waals surface area contributed by atoms with Crippen molar-refractivity contribution in [2.75, 3.05) is 19.0 Å². The molecule has 3 aliphatic carbocycles. The van der Waals surface area contributed by atoms with Crippen LogP contribution < -0.4 is 10.6 Å². The van der Waals surface area contributed by atoms with Gasteiger partial charge in [0.2, 0.25) is 5.78 Å². The number of halogens is 1. The molecule has 0 radical (unpaired) electrons. The summed E-state index contributed by atoms with van der Waals surface area (Å²) in [6.45, 7) is 0. The van der Waals surface area contributed by atoms with E-state index in [1.807, 2.05) is 0 Å². The predicted molar refractivity (Wildman–Crippen MR) is 106 cm³/mol. The molecule has 10 heteroatoms. The minimum atomic E-state index is -2.64. The number of aromatic hydroxyl groups is 1. The highest BCUT2D eigenvalue weighted by molar-refractivity contribution is 6.22. The van der Waals surface area contributed by atoms with Crippen molar-refractivity contribution in [2.24, 2.45) is 17.6 Å². The maximum atomic E-state index is 14.3. The molecule has 31 heavy (non-hydrogen) atoms. The van der Waals surface area contributed by atoms with Gasteiger partial charge < -0.3 is 31.1 Å². The summed E-state index contributed by atoms with van der Waals surface area (Å²) in [5, 5.41) is 42.8. The highest BCUT2D eigenvalue weighted by atomic mass is 19.1. The molecule has 4 rings (SSSR count). The molecule has 1 aromatic rings. The summed E-state index contributed by atoms with van der Waals surface area (Å²) in [6, 6.07) is 1.12. The predicted octanol–water partition coefficient (Wildman–Crippen LogP) is 0.629. The zero-order valence-electron chi connectivity index (χ0n) is 16.8. The number of aliphatic hydroxyl groups excluding tert-OH is 2. The summed E-state index contributed by atoms with van der Waals surface area (Å²) >= 11 is 0. The number of carbonyl (C=O) groups excluding carboxylic acids is 3. The van der Waals surface area contributed by atoms with Crippen molar-refractivity contribution >= 4 is 28.9 Å². The number of phenols is 1. The number of aliphatic hydroxyl groups is 3. The molecule has 0 aliphatic heterocycles. The summed E-state index contributed by atoms with van der Waals surface area (Å²) in [6.07, 6.45) is -0.249. The van der Waals surface area contributed by atoms with Gasteiger partial charge in [0.1, 0.15) is 17.1 Å². The van der Waals surface area contributed by atoms with Gasteiger partial charge in [0, 0.05) is 43.8 Å². The van der Waals surface area contributed by atoms with Gasteiger partial charge in [-0.2, -0.15) is 0 Å². The van der Waals surface area contributed by atoms with Crippen LogP contribution in [0.25, 0.3) is 5.76 Å². The Bertz CT molecular complexity index is 1140. The summed E-state index contributed by atoms with van der Waals surface area (Å²) in [5.74, 6) is -8.60. The number of benzene rings is 1. The molecule has 1 aromatic carbocycles. The number of carbonyl (C=O) groups is 3. The van der Waals surface area contributed by atoms with E-state index >= 15 is 0 Å². The van der Waals surface area contributed by atoms with Crippen LogP contribution in [0.2, 0.25) is 0 Å². The first kappa shape index (κ1) is 20.9. The van der Waals surface area contributed by atoms with Gasteiger partial charge >= 0.3 is 0 Å². The SMILES string of the molecule is CN(C)c1cc(F)c(O)c2c1CC1CC3CC(=O)C(C(N)=O)=C(O)C3(O)C(=O)C1=C2O. The van der Waals surface area contributed by atoms with Crippen LogP contribution in [-0.2, 0) is 20.8 Å². The minimum Gasteiger partial charge on any atom is -0.508 e. The van der Waals surface area contributed by atoms with E-state index in [0.29, 0.717) is 11.3 Å². The maximum absolute atomic E-state index is 14.3. The van der Waals surface area contributed by atoms with Crippen LogP contribution in [-0.4, -0.2) is 57.6 Å². The smallest absolute Gasteiger partial charge is 0.255 e. The Hall–Kier alpha value is -3.40. The lowest BCUT2D eigenvalue weighted by Crippen LogP contribution is -2.58. The number of fused-ring (bicyclic) bond motifs is 3. The average Bonchev–Trinajstić information content (AvgIpc) is 2.66. The fourth-order valence-corrected chi connectivity index (χ4v) is 5.04. The molecule has 3 atom stereocenters. The number of ketones is 2. The van der Waals surface area contributed by atoms with Crippen LogP contribution in [0.3, 0.4) is 0 Å². The van der Waals surface area contributed by atoms with Gasteiger partial charge in [-0.1, -0.05) is 0 Å². The quantitative estimate of drug-likeness (QED) is 0.425. The number of amides is 1. The second-order valence-electron chi connectivity index (χ2n) is 8.38. The van der Waals surface area contributed by atoms with Crippen LogP contribution in [0.4, 0.5) is 10.1 Å². The van der Waals surface area contributed by atoms with E-state index in [1.54, 1.807) is 19.0 Å². The number of hydrogen-bond donors (Lipinski definition) is 5. The topological polar surface area (TPSA) is 161 Å². The zero-order valence-corrected chi connectivity index (χ0v) is 16.8. The van der Waals surface area contributed by atoms with Gasteiger partial charge in [0.15, 0.2) is 23.0 Å². The molecular weight excluding hydrogens is 411 g/mol. The molecule has 1 saturated carbocycles. The number of Topliss-reactive ketones (excluding diaryl/α,β-unsaturated/α-hetero) is 2. The van der Waals surface area contributed by atoms with Crippen molar-refractivity contribution < 1.29 is 39.2 Å². The minimum absolute atomic E-state index is 0.0217. The summed E-state index contributed by atoms with van der Waals surface area (Å²) in [7, 11) is 3.31. The Balaban J connectivity index is 1.97. The molecule has 0 saturated heterocycles. The third kappa shape index (κ3) is 2.61. The van der Waals surface area contributed by atoms with Crippen LogP contribution in [0, 0.1) is 17.7 Å². The molecule has 1 fully saturated rings. The summed E-state index contributed by atoms with van der Waals surface area (Å²) in [5.41, 5.74) is 1.88. The number of primary amides is 1. The summed E-state index contributed by atoms with van der Waals surface area (Å²) < 4.78 is 14.3. The Morgan fingerprint density at radius 2 is 1.87 bits per heavy atom. The highest BCUT2D eigenvalue weighted by Gasteiger charge is 2.60. The maximum Gasteiger partial charge on any atom is 0.255 e. The van der Waals surface area contributed by atoms with E-state index < -0.39 is 70.0 Å². The number of hydrogen-bond acceptors (Lipinski definition) is 8. The van der Waals surface area contributed by atoms with Crippen molar-refractivity contribution in [1.29, 1.82) is 0 Å². The normalized spacial score (nSPS) is 27.6. The van der Waals surface area contributed by atoms with Crippen molar-refractivity contribution in [1.82, 2.24) is 0 Å². The second kappa shape index (κ2) is 6.55. The fourth-order valence-electron chi connectivity index (χ4n) is 5.04. The number of nitrogens with two attached hydrogens (primary N) is 1. The number of phenolic OH excluding ortho intramolecular Hbond substituents is 1. The first-order valence-corrected chi connectivity index (χ1v) is 9.60. The Labute approximate surface area is 175 Å². The van der Waals surface area contributed by atoms with E-state index in [0.717, 1.165) is 6.07 Å². The van der Waals surface area contributed by atoms with Gasteiger partial charge in [-0.3, -0.25) is 14.4 Å². The van der Waals surface area contributed by atoms with Gasteiger partial charge in [-0.25, -0.2) is 4.39 Å². The first-order valence-electron chi connectivity index (χ1n) is 9.60. The largest absolute Gasteiger partial charge is 0.508 e. The second-order valence-corrected chi connectivity index (χ2v) is 8.38. The number of nitrogens with zero attached hydrogens (tertiary/aromatic N) is 1. The molecular formula is C21H21FN2O7. The van der Waals surface area contributed by atoms with Crippen LogP contribution in [0.5, 0.6) is 5.75 Å². The Kier molecular flexibility index (Phi) is 4.40. The van der Waals surface area contributed by atoms with Crippen LogP contribution in [0.1, 0.15) is 24.0 Å².